The molecule has 1 N–H and O–H groups in total. The largest absolute Gasteiger partial charge is 0.495 e. The normalized spacial score (nSPS) is 15.3. The maximum Gasteiger partial charge on any atom is 0.339 e. The molecule has 0 aliphatic heterocycles. The van der Waals surface area contributed by atoms with Crippen molar-refractivity contribution in [2.45, 2.75) is 33.1 Å². The van der Waals surface area contributed by atoms with Gasteiger partial charge in [0.2, 0.25) is 0 Å². The summed E-state index contributed by atoms with van der Waals surface area (Å²) in [5.41, 5.74) is 4.74. The third-order valence-corrected chi connectivity index (χ3v) is 5.67. The molecule has 6 nitrogen and oxygen atoms in total. The molecule has 1 aliphatic rings. The molecular weight excluding hydrogens is 392 g/mol. The summed E-state index contributed by atoms with van der Waals surface area (Å²) in [6.45, 7) is 3.72. The molecule has 1 amide bonds. The Kier molecular flexibility index (Phi) is 5.89. The Morgan fingerprint density at radius 3 is 2.81 bits per heavy atom. The van der Waals surface area contributed by atoms with Crippen molar-refractivity contribution in [2.75, 3.05) is 19.0 Å². The van der Waals surface area contributed by atoms with E-state index < -0.39 is 11.9 Å². The van der Waals surface area contributed by atoms with Gasteiger partial charge >= 0.3 is 5.97 Å². The lowest BCUT2D eigenvalue weighted by atomic mass is 9.84. The molecule has 2 aromatic carbocycles. The van der Waals surface area contributed by atoms with Gasteiger partial charge in [0.1, 0.15) is 5.75 Å². The van der Waals surface area contributed by atoms with E-state index in [9.17, 15) is 9.59 Å². The summed E-state index contributed by atoms with van der Waals surface area (Å²) in [5.74, 6) is 0.112. The van der Waals surface area contributed by atoms with Gasteiger partial charge in [-0.25, -0.2) is 4.79 Å². The molecule has 0 radical (unpaired) electrons. The van der Waals surface area contributed by atoms with Crippen LogP contribution in [-0.2, 0) is 22.4 Å². The van der Waals surface area contributed by atoms with Gasteiger partial charge in [-0.15, -0.1) is 0 Å². The summed E-state index contributed by atoms with van der Waals surface area (Å²) < 4.78 is 10.7. The molecule has 0 bridgehead atoms. The molecule has 1 aromatic heterocycles. The molecule has 31 heavy (non-hydrogen) atoms. The van der Waals surface area contributed by atoms with Crippen molar-refractivity contribution in [3.05, 3.63) is 64.8 Å². The first-order valence-electron chi connectivity index (χ1n) is 10.5. The molecule has 1 heterocycles. The Morgan fingerprint density at radius 2 is 2.00 bits per heavy atom. The Hall–Kier alpha value is -3.41. The monoisotopic (exact) mass is 418 g/mol. The molecule has 1 atom stereocenters. The second-order valence-corrected chi connectivity index (χ2v) is 8.11. The number of nitrogens with one attached hydrogen (secondary N) is 1. The third-order valence-electron chi connectivity index (χ3n) is 5.67. The topological polar surface area (TPSA) is 77.5 Å². The predicted molar refractivity (Wildman–Crippen MR) is 120 cm³/mol. The number of benzene rings is 2. The van der Waals surface area contributed by atoms with Gasteiger partial charge < -0.3 is 14.8 Å². The second kappa shape index (κ2) is 8.76. The molecule has 6 heteroatoms. The van der Waals surface area contributed by atoms with Crippen LogP contribution < -0.4 is 10.1 Å². The first-order chi connectivity index (χ1) is 15.0. The molecule has 0 unspecified atom stereocenters. The quantitative estimate of drug-likeness (QED) is 0.619. The number of aromatic nitrogens is 1. The Labute approximate surface area is 181 Å². The van der Waals surface area contributed by atoms with E-state index in [1.54, 1.807) is 13.2 Å². The van der Waals surface area contributed by atoms with Crippen LogP contribution in [-0.4, -0.2) is 30.6 Å². The Morgan fingerprint density at radius 1 is 1.19 bits per heavy atom. The molecule has 0 fully saturated rings. The minimum Gasteiger partial charge on any atom is -0.495 e. The lowest BCUT2D eigenvalue weighted by Gasteiger charge is -2.24. The van der Waals surface area contributed by atoms with Crippen LogP contribution in [0.15, 0.2) is 42.5 Å². The first kappa shape index (κ1) is 20.8. The zero-order chi connectivity index (χ0) is 22.0. The molecular formula is C25H26N2O4. The average Bonchev–Trinajstić information content (AvgIpc) is 2.76. The summed E-state index contributed by atoms with van der Waals surface area (Å²) in [5, 5.41) is 3.53. The van der Waals surface area contributed by atoms with Crippen LogP contribution in [0, 0.1) is 12.8 Å². The van der Waals surface area contributed by atoms with Gasteiger partial charge in [-0.2, -0.15) is 0 Å². The molecule has 0 saturated heterocycles. The third kappa shape index (κ3) is 4.38. The van der Waals surface area contributed by atoms with E-state index in [1.165, 1.54) is 0 Å². The highest BCUT2D eigenvalue weighted by atomic mass is 16.5. The van der Waals surface area contributed by atoms with Gasteiger partial charge in [-0.3, -0.25) is 9.78 Å². The van der Waals surface area contributed by atoms with Crippen molar-refractivity contribution < 1.29 is 19.1 Å². The van der Waals surface area contributed by atoms with E-state index >= 15 is 0 Å². The van der Waals surface area contributed by atoms with Crippen LogP contribution in [0.3, 0.4) is 0 Å². The summed E-state index contributed by atoms with van der Waals surface area (Å²) >= 11 is 0. The van der Waals surface area contributed by atoms with Crippen LogP contribution >= 0.6 is 0 Å². The number of esters is 1. The highest BCUT2D eigenvalue weighted by Crippen LogP contribution is 2.32. The molecule has 0 saturated carbocycles. The van der Waals surface area contributed by atoms with Crippen LogP contribution in [0.2, 0.25) is 0 Å². The fourth-order valence-corrected chi connectivity index (χ4v) is 4.10. The van der Waals surface area contributed by atoms with Crippen LogP contribution in [0.25, 0.3) is 10.9 Å². The number of pyridine rings is 1. The number of methoxy groups -OCH3 is 1. The number of hydrogen-bond donors (Lipinski definition) is 1. The molecule has 4 rings (SSSR count). The number of aryl methyl sites for hydroxylation is 2. The number of carbonyl (C=O) groups excluding carboxylic acids is 2. The van der Waals surface area contributed by atoms with E-state index in [-0.39, 0.29) is 6.61 Å². The van der Waals surface area contributed by atoms with Crippen molar-refractivity contribution in [3.8, 4) is 5.75 Å². The van der Waals surface area contributed by atoms with Gasteiger partial charge in [0.05, 0.1) is 23.9 Å². The zero-order valence-electron chi connectivity index (χ0n) is 18.0. The zero-order valence-corrected chi connectivity index (χ0v) is 18.0. The molecule has 1 aliphatic carbocycles. The molecule has 160 valence electrons. The number of carbonyl (C=O) groups is 2. The maximum absolute atomic E-state index is 13.1. The predicted octanol–water partition coefficient (Wildman–Crippen LogP) is 4.47. The van der Waals surface area contributed by atoms with Crippen molar-refractivity contribution in [1.82, 2.24) is 4.98 Å². The van der Waals surface area contributed by atoms with Gasteiger partial charge in [0, 0.05) is 11.1 Å². The minimum atomic E-state index is -0.490. The smallest absolute Gasteiger partial charge is 0.339 e. The van der Waals surface area contributed by atoms with Crippen molar-refractivity contribution in [2.24, 2.45) is 5.92 Å². The van der Waals surface area contributed by atoms with E-state index in [2.05, 4.69) is 12.2 Å². The lowest BCUT2D eigenvalue weighted by Crippen LogP contribution is -2.24. The number of amides is 1. The summed E-state index contributed by atoms with van der Waals surface area (Å²) in [6.07, 6.45) is 2.67. The highest BCUT2D eigenvalue weighted by Gasteiger charge is 2.26. The van der Waals surface area contributed by atoms with Gasteiger partial charge in [0.25, 0.3) is 5.91 Å². The van der Waals surface area contributed by atoms with E-state index in [0.29, 0.717) is 22.9 Å². The van der Waals surface area contributed by atoms with Crippen molar-refractivity contribution in [1.29, 1.82) is 0 Å². The SMILES string of the molecule is COc1ccc(C)cc1NC(=O)COC(=O)c1c2c(nc3ccccc13)CC[C@@H](C)C2. The minimum absolute atomic E-state index is 0.378. The summed E-state index contributed by atoms with van der Waals surface area (Å²) in [7, 11) is 1.54. The number of hydrogen-bond acceptors (Lipinski definition) is 5. The van der Waals surface area contributed by atoms with E-state index in [4.69, 9.17) is 14.5 Å². The molecule has 0 spiro atoms. The second-order valence-electron chi connectivity index (χ2n) is 8.11. The number of ether oxygens (including phenoxy) is 2. The van der Waals surface area contributed by atoms with Crippen molar-refractivity contribution >= 4 is 28.5 Å². The maximum atomic E-state index is 13.1. The fraction of sp³-hybridized carbons (Fsp3) is 0.320. The van der Waals surface area contributed by atoms with Crippen LogP contribution in [0.4, 0.5) is 5.69 Å². The Bertz CT molecular complexity index is 1160. The number of fused-ring (bicyclic) bond motifs is 2. The van der Waals surface area contributed by atoms with Crippen LogP contribution in [0.5, 0.6) is 5.75 Å². The average molecular weight is 418 g/mol. The number of nitrogens with zero attached hydrogens (tertiary/aromatic N) is 1. The van der Waals surface area contributed by atoms with Crippen LogP contribution in [0.1, 0.15) is 40.5 Å². The first-order valence-corrected chi connectivity index (χ1v) is 10.5. The summed E-state index contributed by atoms with van der Waals surface area (Å²) in [4.78, 5) is 30.4. The van der Waals surface area contributed by atoms with E-state index in [1.807, 2.05) is 43.3 Å². The number of anilines is 1. The lowest BCUT2D eigenvalue weighted by molar-refractivity contribution is -0.119. The van der Waals surface area contributed by atoms with Gasteiger partial charge in [-0.1, -0.05) is 31.2 Å². The number of rotatable bonds is 5. The summed E-state index contributed by atoms with van der Waals surface area (Å²) in [6, 6.07) is 13.1. The molecule has 3 aromatic rings. The van der Waals surface area contributed by atoms with Gasteiger partial charge in [-0.05, 0) is 61.4 Å². The van der Waals surface area contributed by atoms with Gasteiger partial charge in [0.15, 0.2) is 6.61 Å². The standard InChI is InChI=1S/C25H26N2O4/c1-15-8-10-20-18(12-15)24(17-6-4-5-7-19(17)26-20)25(29)31-14-23(28)27-21-13-16(2)9-11-22(21)30-3/h4-7,9,11,13,15H,8,10,12,14H2,1-3H3,(H,27,28)/t15-/m1/s1. The van der Waals surface area contributed by atoms with Crippen molar-refractivity contribution in [3.63, 3.8) is 0 Å². The number of para-hydroxylation sites is 1. The van der Waals surface area contributed by atoms with E-state index in [0.717, 1.165) is 47.0 Å². The fourth-order valence-electron chi connectivity index (χ4n) is 4.10. The Balaban J connectivity index is 1.56. The highest BCUT2D eigenvalue weighted by molar-refractivity contribution is 6.06.